The number of hydrogen-bond donors (Lipinski definition) is 0. The van der Waals surface area contributed by atoms with Crippen LogP contribution in [0.2, 0.25) is 5.02 Å². The number of esters is 1. The highest BCUT2D eigenvalue weighted by molar-refractivity contribution is 9.12. The summed E-state index contributed by atoms with van der Waals surface area (Å²) in [5.41, 5.74) is 0.630. The van der Waals surface area contributed by atoms with Gasteiger partial charge in [-0.25, -0.2) is 9.80 Å². The van der Waals surface area contributed by atoms with Crippen molar-refractivity contribution >= 4 is 72.9 Å². The molecule has 5 rings (SSSR count). The van der Waals surface area contributed by atoms with Crippen LogP contribution in [-0.2, 0) is 9.59 Å². The van der Waals surface area contributed by atoms with E-state index in [0.29, 0.717) is 23.6 Å². The predicted octanol–water partition coefficient (Wildman–Crippen LogP) is 5.73. The molecule has 2 aliphatic rings. The van der Waals surface area contributed by atoms with Crippen molar-refractivity contribution in [3.63, 3.8) is 0 Å². The zero-order valence-electron chi connectivity index (χ0n) is 22.7. The molecule has 1 saturated carbocycles. The summed E-state index contributed by atoms with van der Waals surface area (Å²) in [4.78, 5) is 66.7. The maximum absolute atomic E-state index is 13.7. The van der Waals surface area contributed by atoms with Crippen molar-refractivity contribution in [3.8, 4) is 11.5 Å². The summed E-state index contributed by atoms with van der Waals surface area (Å²) in [5.74, 6) is -3.40. The first kappa shape index (κ1) is 30.9. The third-order valence-corrected chi connectivity index (χ3v) is 10.4. The summed E-state index contributed by atoms with van der Waals surface area (Å²) in [5, 5.41) is 2.15. The second-order valence-corrected chi connectivity index (χ2v) is 12.9. The zero-order valence-corrected chi connectivity index (χ0v) is 26.7. The Morgan fingerprint density at radius 3 is 2.00 bits per heavy atom. The van der Waals surface area contributed by atoms with Crippen LogP contribution in [0.5, 0.6) is 11.5 Å². The SMILES string of the molecule is COc1cccc(C(=O)Oc2ccc(C(=O)CN(C(=O)c3ccc(Cl)cc3)N3C(=O)[C@@H]4C[C@H](Br)[C@@H](Br)C[C@H]4C3=O)cc2)c1. The molecular formula is C31H25Br2ClN2O7. The van der Waals surface area contributed by atoms with Crippen LogP contribution in [0.1, 0.15) is 43.9 Å². The third-order valence-electron chi connectivity index (χ3n) is 7.44. The van der Waals surface area contributed by atoms with Gasteiger partial charge in [-0.3, -0.25) is 19.2 Å². The molecule has 9 nitrogen and oxygen atoms in total. The summed E-state index contributed by atoms with van der Waals surface area (Å²) in [7, 11) is 1.49. The molecule has 4 atom stereocenters. The van der Waals surface area contributed by atoms with Gasteiger partial charge in [0.15, 0.2) is 5.78 Å². The standard InChI is InChI=1S/C31H25Br2ClN2O7/c1-42-22-4-2-3-19(13-22)31(41)43-21-11-7-17(8-12-21)27(37)16-35(28(38)18-5-9-20(34)10-6-18)36-29(39)23-14-25(32)26(33)15-24(23)30(36)40/h2-13,23-26H,14-16H2,1H3/t23-,24-,25+,26+/m1/s1. The Labute approximate surface area is 269 Å². The van der Waals surface area contributed by atoms with Gasteiger partial charge in [0.25, 0.3) is 17.7 Å². The Bertz CT molecular complexity index is 1550. The number of nitrogens with zero attached hydrogens (tertiary/aromatic N) is 2. The maximum atomic E-state index is 13.7. The van der Waals surface area contributed by atoms with Crippen LogP contribution in [-0.4, -0.2) is 62.8 Å². The molecule has 43 heavy (non-hydrogen) atoms. The number of alkyl halides is 2. The topological polar surface area (TPSA) is 110 Å². The van der Waals surface area contributed by atoms with E-state index in [1.165, 1.54) is 55.6 Å². The molecule has 222 valence electrons. The van der Waals surface area contributed by atoms with Crippen molar-refractivity contribution in [2.45, 2.75) is 22.5 Å². The first-order valence-electron chi connectivity index (χ1n) is 13.3. The zero-order chi connectivity index (χ0) is 30.8. The summed E-state index contributed by atoms with van der Waals surface area (Å²) in [6.07, 6.45) is 0.822. The fourth-order valence-corrected chi connectivity index (χ4v) is 6.51. The first-order valence-corrected chi connectivity index (χ1v) is 15.5. The van der Waals surface area contributed by atoms with Crippen molar-refractivity contribution in [1.29, 1.82) is 0 Å². The van der Waals surface area contributed by atoms with Crippen molar-refractivity contribution in [2.24, 2.45) is 11.8 Å². The second-order valence-electron chi connectivity index (χ2n) is 10.1. The number of Topliss-reactive ketones (excluding diaryl/α,β-unsaturated/α-hetero) is 1. The van der Waals surface area contributed by atoms with Gasteiger partial charge in [0, 0.05) is 25.8 Å². The Balaban J connectivity index is 1.37. The lowest BCUT2D eigenvalue weighted by atomic mass is 9.81. The largest absolute Gasteiger partial charge is 0.497 e. The molecule has 0 unspecified atom stereocenters. The molecule has 0 radical (unpaired) electrons. The molecule has 0 aromatic heterocycles. The fraction of sp³-hybridized carbons (Fsp3) is 0.258. The lowest BCUT2D eigenvalue weighted by Gasteiger charge is -2.30. The number of carbonyl (C=O) groups excluding carboxylic acids is 5. The highest BCUT2D eigenvalue weighted by Gasteiger charge is 2.54. The van der Waals surface area contributed by atoms with Crippen LogP contribution in [0.4, 0.5) is 0 Å². The van der Waals surface area contributed by atoms with Crippen LogP contribution in [0.25, 0.3) is 0 Å². The van der Waals surface area contributed by atoms with Gasteiger partial charge in [-0.2, -0.15) is 5.01 Å². The van der Waals surface area contributed by atoms with E-state index in [4.69, 9.17) is 21.1 Å². The minimum atomic E-state index is -0.694. The number of hydrogen-bond acceptors (Lipinski definition) is 7. The van der Waals surface area contributed by atoms with Gasteiger partial charge in [0.2, 0.25) is 0 Å². The number of amides is 3. The van der Waals surface area contributed by atoms with Crippen LogP contribution in [0.15, 0.2) is 72.8 Å². The molecule has 0 bridgehead atoms. The monoisotopic (exact) mass is 730 g/mol. The van der Waals surface area contributed by atoms with Gasteiger partial charge in [-0.05, 0) is 79.6 Å². The average Bonchev–Trinajstić information content (AvgIpc) is 3.24. The second kappa shape index (κ2) is 13.0. The summed E-state index contributed by atoms with van der Waals surface area (Å²) in [6, 6.07) is 18.2. The molecule has 2 fully saturated rings. The van der Waals surface area contributed by atoms with E-state index >= 15 is 0 Å². The van der Waals surface area contributed by atoms with Crippen molar-refractivity contribution < 1.29 is 33.4 Å². The Hall–Kier alpha value is -3.54. The first-order chi connectivity index (χ1) is 20.6. The maximum Gasteiger partial charge on any atom is 0.343 e. The predicted molar refractivity (Wildman–Crippen MR) is 165 cm³/mol. The lowest BCUT2D eigenvalue weighted by Crippen LogP contribution is -2.52. The van der Waals surface area contributed by atoms with Crippen molar-refractivity contribution in [1.82, 2.24) is 10.0 Å². The fourth-order valence-electron chi connectivity index (χ4n) is 5.14. The summed E-state index contributed by atoms with van der Waals surface area (Å²) < 4.78 is 10.6. The number of hydrazine groups is 1. The Kier molecular flexibility index (Phi) is 9.33. The number of imide groups is 1. The molecule has 3 aromatic rings. The molecule has 3 aromatic carbocycles. The normalized spacial score (nSPS) is 21.3. The number of ketones is 1. The number of halogens is 3. The minimum absolute atomic E-state index is 0.0240. The highest BCUT2D eigenvalue weighted by Crippen LogP contribution is 2.43. The number of carbonyl (C=O) groups is 5. The number of ether oxygens (including phenoxy) is 2. The van der Waals surface area contributed by atoms with E-state index in [1.54, 1.807) is 24.3 Å². The molecule has 0 spiro atoms. The molecule has 1 aliphatic heterocycles. The van der Waals surface area contributed by atoms with Gasteiger partial charge in [0.05, 0.1) is 24.5 Å². The van der Waals surface area contributed by atoms with E-state index in [9.17, 15) is 24.0 Å². The lowest BCUT2D eigenvalue weighted by molar-refractivity contribution is -0.154. The molecule has 1 saturated heterocycles. The van der Waals surface area contributed by atoms with Crippen LogP contribution in [0, 0.1) is 11.8 Å². The van der Waals surface area contributed by atoms with E-state index in [1.807, 2.05) is 0 Å². The van der Waals surface area contributed by atoms with E-state index in [2.05, 4.69) is 31.9 Å². The minimum Gasteiger partial charge on any atom is -0.497 e. The van der Waals surface area contributed by atoms with Crippen LogP contribution < -0.4 is 9.47 Å². The van der Waals surface area contributed by atoms with Crippen molar-refractivity contribution in [3.05, 3.63) is 94.5 Å². The Morgan fingerprint density at radius 1 is 0.837 bits per heavy atom. The van der Waals surface area contributed by atoms with Gasteiger partial charge in [-0.1, -0.05) is 49.5 Å². The quantitative estimate of drug-likeness (QED) is 0.0957. The molecule has 0 N–H and O–H groups in total. The van der Waals surface area contributed by atoms with E-state index in [0.717, 1.165) is 10.0 Å². The number of rotatable bonds is 8. The number of benzene rings is 3. The van der Waals surface area contributed by atoms with Gasteiger partial charge < -0.3 is 9.47 Å². The van der Waals surface area contributed by atoms with Crippen LogP contribution in [0.3, 0.4) is 0 Å². The average molecular weight is 733 g/mol. The summed E-state index contributed by atoms with van der Waals surface area (Å²) >= 11 is 13.1. The number of methoxy groups -OCH3 is 1. The number of fused-ring (bicyclic) bond motifs is 1. The smallest absolute Gasteiger partial charge is 0.343 e. The third kappa shape index (κ3) is 6.53. The van der Waals surface area contributed by atoms with E-state index < -0.39 is 47.9 Å². The molecular weight excluding hydrogens is 708 g/mol. The highest BCUT2D eigenvalue weighted by atomic mass is 79.9. The molecule has 3 amide bonds. The van der Waals surface area contributed by atoms with Crippen molar-refractivity contribution in [2.75, 3.05) is 13.7 Å². The molecule has 12 heteroatoms. The Morgan fingerprint density at radius 2 is 1.42 bits per heavy atom. The van der Waals surface area contributed by atoms with Crippen LogP contribution >= 0.6 is 43.5 Å². The molecule has 1 aliphatic carbocycles. The molecule has 1 heterocycles. The van der Waals surface area contributed by atoms with Gasteiger partial charge in [-0.15, -0.1) is 0 Å². The van der Waals surface area contributed by atoms with Gasteiger partial charge >= 0.3 is 5.97 Å². The summed E-state index contributed by atoms with van der Waals surface area (Å²) in [6.45, 7) is -0.573. The van der Waals surface area contributed by atoms with Gasteiger partial charge in [0.1, 0.15) is 18.0 Å². The van der Waals surface area contributed by atoms with E-state index in [-0.39, 0.29) is 32.1 Å².